The van der Waals surface area contributed by atoms with Gasteiger partial charge in [-0.05, 0) is 24.6 Å². The molecular weight excluding hydrogens is 408 g/mol. The van der Waals surface area contributed by atoms with Crippen LogP contribution < -0.4 is 5.32 Å². The van der Waals surface area contributed by atoms with Gasteiger partial charge in [-0.15, -0.1) is 10.2 Å². The van der Waals surface area contributed by atoms with Crippen molar-refractivity contribution in [2.75, 3.05) is 37.4 Å². The van der Waals surface area contributed by atoms with E-state index in [-0.39, 0.29) is 10.5 Å². The standard InChI is InChI=1S/C16H20N4O4S3/c1-2-10-25-16-19-18-15(26-16)17-14(21)12-4-3-5-13(11-12)27(22,23)20-6-8-24-9-7-20/h3-5,11H,2,6-10H2,1H3,(H,17,18,21). The normalized spacial score (nSPS) is 15.6. The van der Waals surface area contributed by atoms with Crippen molar-refractivity contribution in [3.63, 3.8) is 0 Å². The maximum atomic E-state index is 12.7. The molecule has 146 valence electrons. The molecule has 1 aliphatic heterocycles. The number of amides is 1. The molecule has 3 rings (SSSR count). The summed E-state index contributed by atoms with van der Waals surface area (Å²) in [6.45, 7) is 3.43. The molecule has 0 unspecified atom stereocenters. The lowest BCUT2D eigenvalue weighted by atomic mass is 10.2. The van der Waals surface area contributed by atoms with E-state index in [1.807, 2.05) is 0 Å². The first-order chi connectivity index (χ1) is 13.0. The van der Waals surface area contributed by atoms with E-state index in [2.05, 4.69) is 22.4 Å². The van der Waals surface area contributed by atoms with Crippen molar-refractivity contribution < 1.29 is 17.9 Å². The number of ether oxygens (including phenoxy) is 1. The molecule has 1 fully saturated rings. The molecule has 11 heteroatoms. The van der Waals surface area contributed by atoms with Crippen molar-refractivity contribution in [2.45, 2.75) is 22.6 Å². The maximum absolute atomic E-state index is 12.7. The summed E-state index contributed by atoms with van der Waals surface area (Å²) in [4.78, 5) is 12.6. The number of hydrogen-bond acceptors (Lipinski definition) is 8. The molecule has 0 atom stereocenters. The van der Waals surface area contributed by atoms with Crippen molar-refractivity contribution in [3.05, 3.63) is 29.8 Å². The summed E-state index contributed by atoms with van der Waals surface area (Å²) in [6, 6.07) is 6.01. The second kappa shape index (κ2) is 9.11. The fraction of sp³-hybridized carbons (Fsp3) is 0.438. The Morgan fingerprint density at radius 1 is 1.33 bits per heavy atom. The predicted molar refractivity (Wildman–Crippen MR) is 105 cm³/mol. The highest BCUT2D eigenvalue weighted by molar-refractivity contribution is 8.01. The minimum atomic E-state index is -3.65. The molecule has 27 heavy (non-hydrogen) atoms. The molecule has 8 nitrogen and oxygen atoms in total. The van der Waals surface area contributed by atoms with Gasteiger partial charge in [-0.3, -0.25) is 10.1 Å². The van der Waals surface area contributed by atoms with E-state index in [4.69, 9.17) is 4.74 Å². The highest BCUT2D eigenvalue weighted by Gasteiger charge is 2.27. The first kappa shape index (κ1) is 20.2. The average molecular weight is 429 g/mol. The molecule has 0 aliphatic carbocycles. The van der Waals surface area contributed by atoms with Crippen molar-refractivity contribution >= 4 is 44.2 Å². The van der Waals surface area contributed by atoms with Crippen LogP contribution in [0.5, 0.6) is 0 Å². The van der Waals surface area contributed by atoms with Gasteiger partial charge >= 0.3 is 0 Å². The van der Waals surface area contributed by atoms with Gasteiger partial charge in [0.15, 0.2) is 4.34 Å². The topological polar surface area (TPSA) is 101 Å². The van der Waals surface area contributed by atoms with Crippen molar-refractivity contribution in [1.29, 1.82) is 0 Å². The zero-order valence-electron chi connectivity index (χ0n) is 14.8. The van der Waals surface area contributed by atoms with Gasteiger partial charge in [-0.1, -0.05) is 36.1 Å². The Morgan fingerprint density at radius 2 is 2.11 bits per heavy atom. The van der Waals surface area contributed by atoms with Gasteiger partial charge in [0, 0.05) is 24.4 Å². The van der Waals surface area contributed by atoms with E-state index in [0.29, 0.717) is 31.4 Å². The first-order valence-electron chi connectivity index (χ1n) is 8.46. The van der Waals surface area contributed by atoms with E-state index in [9.17, 15) is 13.2 Å². The van der Waals surface area contributed by atoms with Crippen LogP contribution in [0.2, 0.25) is 0 Å². The number of aromatic nitrogens is 2. The Kier molecular flexibility index (Phi) is 6.82. The number of carbonyl (C=O) groups is 1. The average Bonchev–Trinajstić information content (AvgIpc) is 3.14. The van der Waals surface area contributed by atoms with E-state index < -0.39 is 15.9 Å². The highest BCUT2D eigenvalue weighted by Crippen LogP contribution is 2.26. The summed E-state index contributed by atoms with van der Waals surface area (Å²) in [6.07, 6.45) is 1.02. The second-order valence-electron chi connectivity index (χ2n) is 5.72. The number of hydrogen-bond donors (Lipinski definition) is 1. The third kappa shape index (κ3) is 5.05. The number of rotatable bonds is 7. The molecule has 1 amide bonds. The number of nitrogens with one attached hydrogen (secondary N) is 1. The Bertz CT molecular complexity index is 895. The van der Waals surface area contributed by atoms with E-state index in [1.54, 1.807) is 23.9 Å². The fourth-order valence-corrected chi connectivity index (χ4v) is 5.54. The van der Waals surface area contributed by atoms with Gasteiger partial charge in [0.1, 0.15) is 0 Å². The highest BCUT2D eigenvalue weighted by atomic mass is 32.2. The summed E-state index contributed by atoms with van der Waals surface area (Å²) in [7, 11) is -3.65. The number of anilines is 1. The van der Waals surface area contributed by atoms with Crippen LogP contribution in [0.3, 0.4) is 0 Å². The van der Waals surface area contributed by atoms with E-state index >= 15 is 0 Å². The molecule has 0 spiro atoms. The summed E-state index contributed by atoms with van der Waals surface area (Å²) >= 11 is 2.88. The predicted octanol–water partition coefficient (Wildman–Crippen LogP) is 2.31. The fourth-order valence-electron chi connectivity index (χ4n) is 2.41. The van der Waals surface area contributed by atoms with Gasteiger partial charge in [0.25, 0.3) is 5.91 Å². The quantitative estimate of drug-likeness (QED) is 0.533. The van der Waals surface area contributed by atoms with Crippen LogP contribution in [0.25, 0.3) is 0 Å². The van der Waals surface area contributed by atoms with Crippen LogP contribution >= 0.6 is 23.1 Å². The number of nitrogens with zero attached hydrogens (tertiary/aromatic N) is 3. The Hall–Kier alpha value is -1.53. The largest absolute Gasteiger partial charge is 0.379 e. The zero-order valence-corrected chi connectivity index (χ0v) is 17.2. The van der Waals surface area contributed by atoms with Crippen LogP contribution in [0, 0.1) is 0 Å². The van der Waals surface area contributed by atoms with Crippen LogP contribution in [-0.4, -0.2) is 60.9 Å². The van der Waals surface area contributed by atoms with Crippen LogP contribution in [0.4, 0.5) is 5.13 Å². The number of morpholine rings is 1. The summed E-state index contributed by atoms with van der Waals surface area (Å²) in [5.41, 5.74) is 0.252. The lowest BCUT2D eigenvalue weighted by molar-refractivity contribution is 0.0730. The number of carbonyl (C=O) groups excluding carboxylic acids is 1. The lowest BCUT2D eigenvalue weighted by Crippen LogP contribution is -2.40. The Morgan fingerprint density at radius 3 is 2.85 bits per heavy atom. The molecule has 0 bridgehead atoms. The molecule has 1 aliphatic rings. The van der Waals surface area contributed by atoms with E-state index in [1.165, 1.54) is 27.8 Å². The number of benzene rings is 1. The molecule has 2 heterocycles. The smallest absolute Gasteiger partial charge is 0.257 e. The van der Waals surface area contributed by atoms with Crippen molar-refractivity contribution in [2.24, 2.45) is 0 Å². The molecule has 1 aromatic carbocycles. The maximum Gasteiger partial charge on any atom is 0.257 e. The van der Waals surface area contributed by atoms with Gasteiger partial charge in [0.05, 0.1) is 18.1 Å². The van der Waals surface area contributed by atoms with Crippen molar-refractivity contribution in [1.82, 2.24) is 14.5 Å². The summed E-state index contributed by atoms with van der Waals surface area (Å²) in [5, 5.41) is 11.0. The van der Waals surface area contributed by atoms with Crippen molar-refractivity contribution in [3.8, 4) is 0 Å². The Balaban J connectivity index is 1.72. The van der Waals surface area contributed by atoms with Crippen LogP contribution in [0.1, 0.15) is 23.7 Å². The molecule has 1 aromatic heterocycles. The first-order valence-corrected chi connectivity index (χ1v) is 11.7. The monoisotopic (exact) mass is 428 g/mol. The minimum absolute atomic E-state index is 0.0912. The third-order valence-corrected chi connectivity index (χ3v) is 7.83. The lowest BCUT2D eigenvalue weighted by Gasteiger charge is -2.26. The summed E-state index contributed by atoms with van der Waals surface area (Å²) < 4.78 is 32.8. The molecular formula is C16H20N4O4S3. The van der Waals surface area contributed by atoms with Gasteiger partial charge in [-0.25, -0.2) is 8.42 Å². The molecule has 2 aromatic rings. The van der Waals surface area contributed by atoms with Gasteiger partial charge < -0.3 is 4.74 Å². The SMILES string of the molecule is CCCSc1nnc(NC(=O)c2cccc(S(=O)(=O)N3CCOCC3)c2)s1. The minimum Gasteiger partial charge on any atom is -0.379 e. The van der Waals surface area contributed by atoms with Crippen LogP contribution in [-0.2, 0) is 14.8 Å². The number of thioether (sulfide) groups is 1. The van der Waals surface area contributed by atoms with E-state index in [0.717, 1.165) is 16.5 Å². The van der Waals surface area contributed by atoms with Crippen LogP contribution in [0.15, 0.2) is 33.5 Å². The van der Waals surface area contributed by atoms with Gasteiger partial charge in [0.2, 0.25) is 15.2 Å². The van der Waals surface area contributed by atoms with Gasteiger partial charge in [-0.2, -0.15) is 4.31 Å². The summed E-state index contributed by atoms with van der Waals surface area (Å²) in [5.74, 6) is 0.515. The third-order valence-electron chi connectivity index (χ3n) is 3.76. The Labute approximate surface area is 166 Å². The molecule has 0 radical (unpaired) electrons. The second-order valence-corrected chi connectivity index (χ2v) is 9.98. The molecule has 1 saturated heterocycles. The molecule has 0 saturated carbocycles. The molecule has 1 N–H and O–H groups in total. The number of sulfonamides is 1. The zero-order chi connectivity index (χ0) is 19.3.